The first kappa shape index (κ1) is 17.7. The minimum absolute atomic E-state index is 0.156. The maximum absolute atomic E-state index is 12.6. The SMILES string of the molecule is CCOP(=O)(OCC)O[C@]1(C#N)C=C2CCCC[C@@]2(C)CC1. The Bertz CT molecular complexity index is 517. The number of hydrogen-bond acceptors (Lipinski definition) is 5. The van der Waals surface area contributed by atoms with Crippen molar-refractivity contribution < 1.29 is 18.1 Å². The molecule has 0 aromatic heterocycles. The van der Waals surface area contributed by atoms with E-state index in [4.69, 9.17) is 13.6 Å². The summed E-state index contributed by atoms with van der Waals surface area (Å²) < 4.78 is 28.7. The predicted molar refractivity (Wildman–Crippen MR) is 84.2 cm³/mol. The normalized spacial score (nSPS) is 32.0. The molecule has 0 saturated heterocycles. The molecule has 1 saturated carbocycles. The molecule has 0 amide bonds. The third-order valence-electron chi connectivity index (χ3n) is 4.69. The monoisotopic (exact) mass is 327 g/mol. The molecule has 2 rings (SSSR count). The van der Waals surface area contributed by atoms with Gasteiger partial charge >= 0.3 is 7.82 Å². The maximum atomic E-state index is 12.6. The highest BCUT2D eigenvalue weighted by atomic mass is 31.2. The summed E-state index contributed by atoms with van der Waals surface area (Å²) in [5.74, 6) is 0. The van der Waals surface area contributed by atoms with Crippen molar-refractivity contribution in [1.82, 2.24) is 0 Å². The summed E-state index contributed by atoms with van der Waals surface area (Å²) in [6.45, 7) is 6.14. The standard InChI is InChI=1S/C16H26NO4P/c1-4-19-22(18,20-5-2)21-16(13-17)11-10-15(3)9-7-6-8-14(15)12-16/h12H,4-11H2,1-3H3/t15-,16-/m0/s1. The van der Waals surface area contributed by atoms with Crippen LogP contribution in [0.5, 0.6) is 0 Å². The van der Waals surface area contributed by atoms with Gasteiger partial charge in [0.2, 0.25) is 0 Å². The van der Waals surface area contributed by atoms with Crippen LogP contribution in [-0.2, 0) is 18.1 Å². The lowest BCUT2D eigenvalue weighted by molar-refractivity contribution is 0.0506. The van der Waals surface area contributed by atoms with Crippen molar-refractivity contribution in [2.45, 2.75) is 64.9 Å². The molecule has 2 atom stereocenters. The first-order valence-corrected chi connectivity index (χ1v) is 9.60. The van der Waals surface area contributed by atoms with Crippen molar-refractivity contribution in [3.63, 3.8) is 0 Å². The highest BCUT2D eigenvalue weighted by Crippen LogP contribution is 2.57. The molecule has 0 bridgehead atoms. The quantitative estimate of drug-likeness (QED) is 0.520. The number of rotatable bonds is 6. The van der Waals surface area contributed by atoms with E-state index in [1.54, 1.807) is 13.8 Å². The van der Waals surface area contributed by atoms with Crippen molar-refractivity contribution in [3.05, 3.63) is 11.6 Å². The van der Waals surface area contributed by atoms with Gasteiger partial charge in [0.15, 0.2) is 5.60 Å². The van der Waals surface area contributed by atoms with Crippen LogP contribution in [-0.4, -0.2) is 18.8 Å². The molecule has 1 fully saturated rings. The van der Waals surface area contributed by atoms with E-state index in [-0.39, 0.29) is 18.6 Å². The van der Waals surface area contributed by atoms with Gasteiger partial charge in [0.05, 0.1) is 13.2 Å². The van der Waals surface area contributed by atoms with E-state index in [2.05, 4.69) is 13.0 Å². The van der Waals surface area contributed by atoms with E-state index >= 15 is 0 Å². The molecule has 0 N–H and O–H groups in total. The number of fused-ring (bicyclic) bond motifs is 1. The van der Waals surface area contributed by atoms with Crippen LogP contribution in [0.1, 0.15) is 59.3 Å². The van der Waals surface area contributed by atoms with E-state index in [9.17, 15) is 9.83 Å². The number of hydrogen-bond donors (Lipinski definition) is 0. The third kappa shape index (κ3) is 3.63. The molecule has 124 valence electrons. The van der Waals surface area contributed by atoms with Gasteiger partial charge in [-0.25, -0.2) is 4.57 Å². The van der Waals surface area contributed by atoms with Gasteiger partial charge in [0, 0.05) is 0 Å². The van der Waals surface area contributed by atoms with E-state index in [1.165, 1.54) is 12.0 Å². The van der Waals surface area contributed by atoms with E-state index < -0.39 is 13.4 Å². The molecule has 0 heterocycles. The van der Waals surface area contributed by atoms with Gasteiger partial charge in [0.25, 0.3) is 0 Å². The minimum Gasteiger partial charge on any atom is -0.287 e. The fraction of sp³-hybridized carbons (Fsp3) is 0.812. The zero-order valence-corrected chi connectivity index (χ0v) is 14.7. The summed E-state index contributed by atoms with van der Waals surface area (Å²) in [6, 6.07) is 2.21. The second-order valence-electron chi connectivity index (χ2n) is 6.31. The molecular weight excluding hydrogens is 301 g/mol. The summed E-state index contributed by atoms with van der Waals surface area (Å²) in [6.07, 6.45) is 7.77. The summed E-state index contributed by atoms with van der Waals surface area (Å²) in [5.41, 5.74) is 0.209. The van der Waals surface area contributed by atoms with Gasteiger partial charge in [-0.15, -0.1) is 0 Å². The maximum Gasteiger partial charge on any atom is 0.476 e. The third-order valence-corrected chi connectivity index (χ3v) is 6.39. The number of nitriles is 1. The molecular formula is C16H26NO4P. The Morgan fingerprint density at radius 2 is 1.91 bits per heavy atom. The van der Waals surface area contributed by atoms with E-state index in [1.807, 2.05) is 6.08 Å². The van der Waals surface area contributed by atoms with Crippen LogP contribution in [0.3, 0.4) is 0 Å². The van der Waals surface area contributed by atoms with Crippen LogP contribution in [0, 0.1) is 16.7 Å². The predicted octanol–water partition coefficient (Wildman–Crippen LogP) is 4.75. The molecule has 5 nitrogen and oxygen atoms in total. The van der Waals surface area contributed by atoms with Crippen LogP contribution in [0.2, 0.25) is 0 Å². The Balaban J connectivity index is 2.28. The minimum atomic E-state index is -3.71. The van der Waals surface area contributed by atoms with Crippen molar-refractivity contribution in [2.75, 3.05) is 13.2 Å². The lowest BCUT2D eigenvalue weighted by Crippen LogP contribution is -2.38. The van der Waals surface area contributed by atoms with Gasteiger partial charge in [-0.1, -0.05) is 18.9 Å². The van der Waals surface area contributed by atoms with Crippen LogP contribution >= 0.6 is 7.82 Å². The van der Waals surface area contributed by atoms with Crippen LogP contribution in [0.4, 0.5) is 0 Å². The fourth-order valence-corrected chi connectivity index (χ4v) is 4.82. The Labute approximate surface area is 133 Å². The zero-order chi connectivity index (χ0) is 16.3. The topological polar surface area (TPSA) is 68.6 Å². The molecule has 0 aromatic rings. The molecule has 0 spiro atoms. The average molecular weight is 327 g/mol. The Kier molecular flexibility index (Phi) is 5.50. The summed E-state index contributed by atoms with van der Waals surface area (Å²) in [5, 5.41) is 9.66. The molecule has 6 heteroatoms. The summed E-state index contributed by atoms with van der Waals surface area (Å²) >= 11 is 0. The summed E-state index contributed by atoms with van der Waals surface area (Å²) in [4.78, 5) is 0. The molecule has 0 aromatic carbocycles. The lowest BCUT2D eigenvalue weighted by atomic mass is 9.63. The highest BCUT2D eigenvalue weighted by molar-refractivity contribution is 7.48. The van der Waals surface area contributed by atoms with Gasteiger partial charge in [-0.2, -0.15) is 5.26 Å². The van der Waals surface area contributed by atoms with Crippen molar-refractivity contribution in [3.8, 4) is 6.07 Å². The van der Waals surface area contributed by atoms with Crippen LogP contribution in [0.25, 0.3) is 0 Å². The molecule has 0 unspecified atom stereocenters. The van der Waals surface area contributed by atoms with E-state index in [0.717, 1.165) is 25.7 Å². The number of allylic oxidation sites excluding steroid dienone is 1. The first-order chi connectivity index (χ1) is 10.4. The number of nitrogens with zero attached hydrogens (tertiary/aromatic N) is 1. The smallest absolute Gasteiger partial charge is 0.287 e. The molecule has 2 aliphatic carbocycles. The van der Waals surface area contributed by atoms with Crippen LogP contribution < -0.4 is 0 Å². The molecule has 0 radical (unpaired) electrons. The van der Waals surface area contributed by atoms with Gasteiger partial charge in [-0.3, -0.25) is 13.6 Å². The first-order valence-electron chi connectivity index (χ1n) is 8.14. The van der Waals surface area contributed by atoms with Crippen LogP contribution in [0.15, 0.2) is 11.6 Å². The number of phosphoric ester groups is 1. The second-order valence-corrected chi connectivity index (χ2v) is 7.91. The van der Waals surface area contributed by atoms with Gasteiger partial charge < -0.3 is 0 Å². The van der Waals surface area contributed by atoms with Gasteiger partial charge in [-0.05, 0) is 57.4 Å². The molecule has 22 heavy (non-hydrogen) atoms. The van der Waals surface area contributed by atoms with Crippen molar-refractivity contribution in [1.29, 1.82) is 5.26 Å². The summed E-state index contributed by atoms with van der Waals surface area (Å²) in [7, 11) is -3.71. The lowest BCUT2D eigenvalue weighted by Gasteiger charge is -2.44. The second kappa shape index (κ2) is 6.84. The highest BCUT2D eigenvalue weighted by Gasteiger charge is 2.47. The Hall–Kier alpha value is -0.660. The Morgan fingerprint density at radius 3 is 2.50 bits per heavy atom. The molecule has 2 aliphatic rings. The van der Waals surface area contributed by atoms with Crippen molar-refractivity contribution in [2.24, 2.45) is 5.41 Å². The largest absolute Gasteiger partial charge is 0.476 e. The average Bonchev–Trinajstić information content (AvgIpc) is 2.48. The van der Waals surface area contributed by atoms with Crippen molar-refractivity contribution >= 4 is 7.82 Å². The molecule has 0 aliphatic heterocycles. The fourth-order valence-electron chi connectivity index (χ4n) is 3.43. The number of phosphoric acid groups is 1. The van der Waals surface area contributed by atoms with E-state index in [0.29, 0.717) is 6.42 Å². The zero-order valence-electron chi connectivity index (χ0n) is 13.8. The Morgan fingerprint density at radius 1 is 1.23 bits per heavy atom. The van der Waals surface area contributed by atoms with Gasteiger partial charge in [0.1, 0.15) is 6.07 Å².